The number of hydrogen-bond donors (Lipinski definition) is 3. The van der Waals surface area contributed by atoms with Gasteiger partial charge < -0.3 is 16.0 Å². The summed E-state index contributed by atoms with van der Waals surface area (Å²) in [5, 5.41) is 5.56. The molecule has 0 aliphatic rings. The summed E-state index contributed by atoms with van der Waals surface area (Å²) in [4.78, 5) is 30.7. The molecule has 4 N–H and O–H groups in total. The summed E-state index contributed by atoms with van der Waals surface area (Å²) < 4.78 is 0. The molecule has 3 rings (SSSR count). The number of nitrogens with two attached hydrogens (primary N) is 1. The monoisotopic (exact) mass is 332 g/mol. The molecule has 6 nitrogen and oxygen atoms in total. The standard InChI is InChI=1S/C14H12N4O2S2/c15-12(20)8-5-6-21-13(8)18-11(19)7-22-14-16-9-3-1-2-4-10(9)17-14/h1-6H,7H2,(H2,15,20)(H,16,17)(H,18,19). The molecule has 0 radical (unpaired) electrons. The Kier molecular flexibility index (Phi) is 4.12. The van der Waals surface area contributed by atoms with E-state index in [0.29, 0.717) is 15.7 Å². The van der Waals surface area contributed by atoms with Gasteiger partial charge >= 0.3 is 0 Å². The van der Waals surface area contributed by atoms with Gasteiger partial charge in [-0.05, 0) is 23.6 Å². The third kappa shape index (κ3) is 3.12. The average Bonchev–Trinajstić information content (AvgIpc) is 3.10. The minimum Gasteiger partial charge on any atom is -0.366 e. The summed E-state index contributed by atoms with van der Waals surface area (Å²) in [6.07, 6.45) is 0. The maximum Gasteiger partial charge on any atom is 0.251 e. The van der Waals surface area contributed by atoms with Crippen LogP contribution in [0.3, 0.4) is 0 Å². The lowest BCUT2D eigenvalue weighted by Crippen LogP contribution is -2.17. The number of carbonyl (C=O) groups excluding carboxylic acids is 2. The molecule has 0 fully saturated rings. The minimum absolute atomic E-state index is 0.190. The lowest BCUT2D eigenvalue weighted by Gasteiger charge is -2.03. The molecule has 0 saturated heterocycles. The Labute approximate surface area is 134 Å². The second-order valence-corrected chi connectivity index (χ2v) is 6.30. The third-order valence-corrected chi connectivity index (χ3v) is 4.59. The number of para-hydroxylation sites is 2. The van der Waals surface area contributed by atoms with Crippen LogP contribution in [0.4, 0.5) is 5.00 Å². The average molecular weight is 332 g/mol. The number of imidazole rings is 1. The summed E-state index contributed by atoms with van der Waals surface area (Å²) in [6, 6.07) is 9.25. The minimum atomic E-state index is -0.554. The van der Waals surface area contributed by atoms with Gasteiger partial charge in [0.1, 0.15) is 5.00 Å². The number of nitrogens with one attached hydrogen (secondary N) is 2. The molecule has 8 heteroatoms. The number of anilines is 1. The zero-order chi connectivity index (χ0) is 15.5. The molecule has 2 aromatic heterocycles. The molecule has 0 unspecified atom stereocenters. The number of carbonyl (C=O) groups is 2. The molecule has 0 atom stereocenters. The first-order valence-electron chi connectivity index (χ1n) is 6.38. The van der Waals surface area contributed by atoms with Crippen LogP contribution in [0.15, 0.2) is 40.9 Å². The van der Waals surface area contributed by atoms with E-state index in [1.54, 1.807) is 11.4 Å². The Morgan fingerprint density at radius 1 is 1.32 bits per heavy atom. The Morgan fingerprint density at radius 3 is 2.91 bits per heavy atom. The summed E-state index contributed by atoms with van der Waals surface area (Å²) in [7, 11) is 0. The SMILES string of the molecule is NC(=O)c1ccsc1NC(=O)CSc1nc2ccccc2[nH]1. The second-order valence-electron chi connectivity index (χ2n) is 4.42. The molecule has 2 heterocycles. The van der Waals surface area contributed by atoms with E-state index >= 15 is 0 Å². The maximum absolute atomic E-state index is 12.0. The number of benzene rings is 1. The van der Waals surface area contributed by atoms with E-state index < -0.39 is 5.91 Å². The van der Waals surface area contributed by atoms with Crippen LogP contribution in [0.25, 0.3) is 11.0 Å². The fourth-order valence-electron chi connectivity index (χ4n) is 1.89. The van der Waals surface area contributed by atoms with Crippen molar-refractivity contribution in [2.45, 2.75) is 5.16 Å². The van der Waals surface area contributed by atoms with Gasteiger partial charge in [0, 0.05) is 0 Å². The topological polar surface area (TPSA) is 101 Å². The highest BCUT2D eigenvalue weighted by molar-refractivity contribution is 7.99. The maximum atomic E-state index is 12.0. The van der Waals surface area contributed by atoms with E-state index in [1.165, 1.54) is 23.1 Å². The molecule has 2 amide bonds. The molecule has 22 heavy (non-hydrogen) atoms. The van der Waals surface area contributed by atoms with Crippen LogP contribution in [0.1, 0.15) is 10.4 Å². The fraction of sp³-hybridized carbons (Fsp3) is 0.0714. The quantitative estimate of drug-likeness (QED) is 0.625. The zero-order valence-corrected chi connectivity index (χ0v) is 13.0. The summed E-state index contributed by atoms with van der Waals surface area (Å²) in [6.45, 7) is 0. The molecule has 0 bridgehead atoms. The normalized spacial score (nSPS) is 10.7. The van der Waals surface area contributed by atoms with Gasteiger partial charge in [0.25, 0.3) is 5.91 Å². The molecular formula is C14H12N4O2S2. The van der Waals surface area contributed by atoms with Crippen molar-refractivity contribution in [3.63, 3.8) is 0 Å². The summed E-state index contributed by atoms with van der Waals surface area (Å²) in [5.41, 5.74) is 7.36. The van der Waals surface area contributed by atoms with Crippen LogP contribution in [-0.2, 0) is 4.79 Å². The Hall–Kier alpha value is -2.32. The van der Waals surface area contributed by atoms with Gasteiger partial charge in [0.2, 0.25) is 5.91 Å². The Bertz CT molecular complexity index is 807. The smallest absolute Gasteiger partial charge is 0.251 e. The van der Waals surface area contributed by atoms with Crippen LogP contribution in [0.2, 0.25) is 0 Å². The van der Waals surface area contributed by atoms with Gasteiger partial charge in [-0.2, -0.15) is 0 Å². The van der Waals surface area contributed by atoms with Gasteiger partial charge in [0.05, 0.1) is 22.3 Å². The van der Waals surface area contributed by atoms with Crippen LogP contribution >= 0.6 is 23.1 Å². The van der Waals surface area contributed by atoms with Crippen molar-refractivity contribution < 1.29 is 9.59 Å². The predicted octanol–water partition coefficient (Wildman–Crippen LogP) is 2.45. The fourth-order valence-corrected chi connectivity index (χ4v) is 3.39. The van der Waals surface area contributed by atoms with Crippen molar-refractivity contribution >= 4 is 50.9 Å². The molecule has 0 saturated carbocycles. The van der Waals surface area contributed by atoms with Crippen molar-refractivity contribution in [1.29, 1.82) is 0 Å². The largest absolute Gasteiger partial charge is 0.366 e. The highest BCUT2D eigenvalue weighted by Gasteiger charge is 2.13. The van der Waals surface area contributed by atoms with E-state index in [4.69, 9.17) is 5.73 Å². The molecule has 0 aliphatic carbocycles. The van der Waals surface area contributed by atoms with Crippen molar-refractivity contribution in [1.82, 2.24) is 9.97 Å². The highest BCUT2D eigenvalue weighted by atomic mass is 32.2. The summed E-state index contributed by atoms with van der Waals surface area (Å²) in [5.74, 6) is -0.576. The number of amides is 2. The predicted molar refractivity (Wildman–Crippen MR) is 88.3 cm³/mol. The first kappa shape index (κ1) is 14.6. The molecule has 112 valence electrons. The van der Waals surface area contributed by atoms with Crippen molar-refractivity contribution in [3.8, 4) is 0 Å². The van der Waals surface area contributed by atoms with Gasteiger partial charge in [-0.1, -0.05) is 23.9 Å². The first-order valence-corrected chi connectivity index (χ1v) is 8.24. The lowest BCUT2D eigenvalue weighted by atomic mass is 10.3. The molecule has 3 aromatic rings. The number of fused-ring (bicyclic) bond motifs is 1. The van der Waals surface area contributed by atoms with E-state index in [1.807, 2.05) is 24.3 Å². The van der Waals surface area contributed by atoms with Crippen LogP contribution in [0, 0.1) is 0 Å². The van der Waals surface area contributed by atoms with Gasteiger partial charge in [-0.25, -0.2) is 4.98 Å². The molecule has 1 aromatic carbocycles. The first-order chi connectivity index (χ1) is 10.6. The van der Waals surface area contributed by atoms with Crippen LogP contribution in [0.5, 0.6) is 0 Å². The number of H-pyrrole nitrogens is 1. The van der Waals surface area contributed by atoms with Crippen molar-refractivity contribution in [2.24, 2.45) is 5.73 Å². The zero-order valence-electron chi connectivity index (χ0n) is 11.3. The highest BCUT2D eigenvalue weighted by Crippen LogP contribution is 2.24. The Morgan fingerprint density at radius 2 is 2.14 bits per heavy atom. The second kappa shape index (κ2) is 6.20. The van der Waals surface area contributed by atoms with Crippen LogP contribution < -0.4 is 11.1 Å². The molecule has 0 spiro atoms. The number of thiophene rings is 1. The number of rotatable bonds is 5. The number of aromatic nitrogens is 2. The number of nitrogens with zero attached hydrogens (tertiary/aromatic N) is 1. The van der Waals surface area contributed by atoms with Crippen molar-refractivity contribution in [3.05, 3.63) is 41.3 Å². The van der Waals surface area contributed by atoms with Gasteiger partial charge in [0.15, 0.2) is 5.16 Å². The van der Waals surface area contributed by atoms with E-state index in [0.717, 1.165) is 11.0 Å². The molecule has 0 aliphatic heterocycles. The van der Waals surface area contributed by atoms with Crippen LogP contribution in [-0.4, -0.2) is 27.5 Å². The van der Waals surface area contributed by atoms with E-state index in [-0.39, 0.29) is 11.7 Å². The van der Waals surface area contributed by atoms with E-state index in [2.05, 4.69) is 15.3 Å². The summed E-state index contributed by atoms with van der Waals surface area (Å²) >= 11 is 2.57. The number of aromatic amines is 1. The van der Waals surface area contributed by atoms with Crippen molar-refractivity contribution in [2.75, 3.05) is 11.1 Å². The number of primary amides is 1. The molecular weight excluding hydrogens is 320 g/mol. The number of thioether (sulfide) groups is 1. The lowest BCUT2D eigenvalue weighted by molar-refractivity contribution is -0.113. The van der Waals surface area contributed by atoms with Gasteiger partial charge in [-0.3, -0.25) is 9.59 Å². The Balaban J connectivity index is 1.62. The van der Waals surface area contributed by atoms with E-state index in [9.17, 15) is 9.59 Å². The third-order valence-electron chi connectivity index (χ3n) is 2.89. The number of hydrogen-bond acceptors (Lipinski definition) is 5. The van der Waals surface area contributed by atoms with Gasteiger partial charge in [-0.15, -0.1) is 11.3 Å².